The van der Waals surface area contributed by atoms with E-state index in [0.29, 0.717) is 22.4 Å². The lowest BCUT2D eigenvalue weighted by atomic mass is 10.0. The van der Waals surface area contributed by atoms with Crippen LogP contribution in [0.3, 0.4) is 0 Å². The minimum atomic E-state index is -3.79. The van der Waals surface area contributed by atoms with Crippen LogP contribution in [0, 0.1) is 0 Å². The van der Waals surface area contributed by atoms with Crippen LogP contribution >= 0.6 is 7.60 Å². The fourth-order valence-electron chi connectivity index (χ4n) is 2.27. The van der Waals surface area contributed by atoms with Gasteiger partial charge in [-0.15, -0.1) is 0 Å². The van der Waals surface area contributed by atoms with Gasteiger partial charge < -0.3 is 14.2 Å². The first-order valence-electron chi connectivity index (χ1n) is 6.40. The molecule has 0 aromatic heterocycles. The number of benzene rings is 2. The number of hydrogen-bond acceptors (Lipinski definition) is 3. The van der Waals surface area contributed by atoms with Crippen LogP contribution < -0.4 is 14.6 Å². The molecule has 3 rings (SSSR count). The van der Waals surface area contributed by atoms with Crippen molar-refractivity contribution in [2.75, 3.05) is 0 Å². The van der Waals surface area contributed by atoms with Crippen LogP contribution in [0.4, 0.5) is 0 Å². The number of ether oxygens (including phenoxy) is 1. The van der Waals surface area contributed by atoms with Crippen molar-refractivity contribution in [1.29, 1.82) is 0 Å². The molecule has 0 spiro atoms. The Morgan fingerprint density at radius 2 is 1.90 bits per heavy atom. The van der Waals surface area contributed by atoms with Crippen molar-refractivity contribution in [1.82, 2.24) is 0 Å². The van der Waals surface area contributed by atoms with E-state index in [1.807, 2.05) is 32.0 Å². The molecule has 0 radical (unpaired) electrons. The Balaban J connectivity index is 2.17. The van der Waals surface area contributed by atoms with E-state index >= 15 is 0 Å². The van der Waals surface area contributed by atoms with Crippen LogP contribution in [0.2, 0.25) is 0 Å². The molecule has 1 aliphatic heterocycles. The second-order valence-corrected chi connectivity index (χ2v) is 6.66. The molecule has 2 aromatic carbocycles. The van der Waals surface area contributed by atoms with E-state index in [1.165, 1.54) is 0 Å². The first-order valence-corrected chi connectivity index (χ1v) is 7.98. The first-order chi connectivity index (χ1) is 9.47. The summed E-state index contributed by atoms with van der Waals surface area (Å²) in [6.07, 6.45) is 0.0664. The van der Waals surface area contributed by atoms with Crippen LogP contribution in [-0.4, -0.2) is 11.0 Å². The molecule has 104 valence electrons. The zero-order valence-electron chi connectivity index (χ0n) is 11.2. The average Bonchev–Trinajstić information content (AvgIpc) is 2.39. The van der Waals surface area contributed by atoms with Crippen molar-refractivity contribution in [2.45, 2.75) is 20.0 Å². The second kappa shape index (κ2) is 4.65. The summed E-state index contributed by atoms with van der Waals surface area (Å²) in [6, 6.07) is 12.3. The van der Waals surface area contributed by atoms with Crippen molar-refractivity contribution in [3.05, 3.63) is 42.5 Å². The molecule has 0 saturated heterocycles. The molecule has 1 aliphatic rings. The van der Waals surface area contributed by atoms with E-state index in [4.69, 9.17) is 9.26 Å². The first kappa shape index (κ1) is 13.2. The zero-order chi connectivity index (χ0) is 14.3. The molecule has 5 heteroatoms. The predicted octanol–water partition coefficient (Wildman–Crippen LogP) is 3.34. The molecule has 0 amide bonds. The van der Waals surface area contributed by atoms with E-state index < -0.39 is 7.60 Å². The highest BCUT2D eigenvalue weighted by atomic mass is 31.2. The molecule has 1 N–H and O–H groups in total. The van der Waals surface area contributed by atoms with Gasteiger partial charge in [0.05, 0.1) is 11.4 Å². The smallest absolute Gasteiger partial charge is 0.408 e. The van der Waals surface area contributed by atoms with Gasteiger partial charge in [-0.25, -0.2) is 4.57 Å². The molecular formula is C15H15O4P. The lowest BCUT2D eigenvalue weighted by molar-refractivity contribution is 0.242. The number of hydrogen-bond donors (Lipinski definition) is 1. The normalized spacial score (nSPS) is 20.0. The molecule has 0 bridgehead atoms. The minimum absolute atomic E-state index is 0.0664. The third-order valence-corrected chi connectivity index (χ3v) is 4.49. The highest BCUT2D eigenvalue weighted by Crippen LogP contribution is 2.52. The third-order valence-electron chi connectivity index (χ3n) is 3.04. The van der Waals surface area contributed by atoms with Gasteiger partial charge in [0.25, 0.3) is 0 Å². The molecule has 20 heavy (non-hydrogen) atoms. The second-order valence-electron chi connectivity index (χ2n) is 4.95. The van der Waals surface area contributed by atoms with Crippen molar-refractivity contribution in [3.63, 3.8) is 0 Å². The van der Waals surface area contributed by atoms with Gasteiger partial charge in [-0.1, -0.05) is 18.2 Å². The summed E-state index contributed by atoms with van der Waals surface area (Å²) >= 11 is 0. The predicted molar refractivity (Wildman–Crippen MR) is 77.7 cm³/mol. The molecule has 0 saturated carbocycles. The van der Waals surface area contributed by atoms with Gasteiger partial charge in [0.15, 0.2) is 0 Å². The zero-order valence-corrected chi connectivity index (χ0v) is 12.1. The van der Waals surface area contributed by atoms with Gasteiger partial charge >= 0.3 is 7.60 Å². The van der Waals surface area contributed by atoms with Crippen LogP contribution in [0.25, 0.3) is 11.1 Å². The van der Waals surface area contributed by atoms with Crippen molar-refractivity contribution < 1.29 is 18.7 Å². The van der Waals surface area contributed by atoms with Gasteiger partial charge in [0.2, 0.25) is 0 Å². The Bertz CT molecular complexity index is 709. The Morgan fingerprint density at radius 3 is 2.65 bits per heavy atom. The highest BCUT2D eigenvalue weighted by molar-refractivity contribution is 7.62. The molecule has 2 aromatic rings. The SMILES string of the molecule is CC(C)Oc1ccc2c(c1)-c1ccccc1P(=O)(O)O2. The van der Waals surface area contributed by atoms with E-state index in [1.54, 1.807) is 24.3 Å². The van der Waals surface area contributed by atoms with E-state index in [9.17, 15) is 9.46 Å². The monoisotopic (exact) mass is 290 g/mol. The molecule has 1 heterocycles. The number of rotatable bonds is 2. The van der Waals surface area contributed by atoms with E-state index in [0.717, 1.165) is 5.56 Å². The summed E-state index contributed by atoms with van der Waals surface area (Å²) < 4.78 is 23.1. The Hall–Kier alpha value is -1.77. The van der Waals surface area contributed by atoms with Gasteiger partial charge in [0, 0.05) is 11.1 Å². The molecule has 1 atom stereocenters. The summed E-state index contributed by atoms with van der Waals surface area (Å²) in [5, 5.41) is 0.328. The quantitative estimate of drug-likeness (QED) is 0.862. The largest absolute Gasteiger partial charge is 0.491 e. The van der Waals surface area contributed by atoms with E-state index in [2.05, 4.69) is 0 Å². The lowest BCUT2D eigenvalue weighted by Crippen LogP contribution is -2.17. The Labute approximate surface area is 117 Å². The van der Waals surface area contributed by atoms with Gasteiger partial charge in [0.1, 0.15) is 11.5 Å². The van der Waals surface area contributed by atoms with Gasteiger partial charge in [-0.05, 0) is 38.1 Å². The van der Waals surface area contributed by atoms with Gasteiger partial charge in [-0.3, -0.25) is 0 Å². The maximum Gasteiger partial charge on any atom is 0.408 e. The average molecular weight is 290 g/mol. The molecule has 4 nitrogen and oxygen atoms in total. The van der Waals surface area contributed by atoms with Gasteiger partial charge in [-0.2, -0.15) is 0 Å². The standard InChI is InChI=1S/C15H15O4P/c1-10(2)18-11-7-8-14-13(9-11)12-5-3-4-6-15(12)20(16,17)19-14/h3-10H,1-2H3,(H,16,17). The topological polar surface area (TPSA) is 55.8 Å². The maximum atomic E-state index is 12.2. The fraction of sp³-hybridized carbons (Fsp3) is 0.200. The van der Waals surface area contributed by atoms with Crippen LogP contribution in [0.5, 0.6) is 11.5 Å². The third kappa shape index (κ3) is 2.21. The van der Waals surface area contributed by atoms with Crippen LogP contribution in [0.15, 0.2) is 42.5 Å². The fourth-order valence-corrected chi connectivity index (χ4v) is 3.57. The van der Waals surface area contributed by atoms with Crippen molar-refractivity contribution in [3.8, 4) is 22.6 Å². The number of fused-ring (bicyclic) bond motifs is 3. The van der Waals surface area contributed by atoms with Crippen molar-refractivity contribution >= 4 is 12.9 Å². The summed E-state index contributed by atoms with van der Waals surface area (Å²) in [5.74, 6) is 1.12. The summed E-state index contributed by atoms with van der Waals surface area (Å²) in [4.78, 5) is 9.99. The minimum Gasteiger partial charge on any atom is -0.491 e. The molecular weight excluding hydrogens is 275 g/mol. The van der Waals surface area contributed by atoms with E-state index in [-0.39, 0.29) is 6.10 Å². The highest BCUT2D eigenvalue weighted by Gasteiger charge is 2.34. The van der Waals surface area contributed by atoms with Crippen LogP contribution in [0.1, 0.15) is 13.8 Å². The maximum absolute atomic E-state index is 12.2. The molecule has 0 fully saturated rings. The summed E-state index contributed by atoms with van der Waals surface area (Å²) in [7, 11) is -3.79. The molecule has 0 aliphatic carbocycles. The lowest BCUT2D eigenvalue weighted by Gasteiger charge is -2.25. The Kier molecular flexibility index (Phi) is 3.08. The molecule has 1 unspecified atom stereocenters. The van der Waals surface area contributed by atoms with Crippen molar-refractivity contribution in [2.24, 2.45) is 0 Å². The summed E-state index contributed by atoms with van der Waals surface area (Å²) in [5.41, 5.74) is 1.49. The Morgan fingerprint density at radius 1 is 1.15 bits per heavy atom. The van der Waals surface area contributed by atoms with Crippen LogP contribution in [-0.2, 0) is 4.57 Å². The summed E-state index contributed by atoms with van der Waals surface area (Å²) in [6.45, 7) is 3.90.